The topological polar surface area (TPSA) is 42.2 Å². The zero-order valence-corrected chi connectivity index (χ0v) is 11.4. The van der Waals surface area contributed by atoms with Crippen LogP contribution in [0.2, 0.25) is 0 Å². The summed E-state index contributed by atoms with van der Waals surface area (Å²) in [5, 5.41) is 8.16. The first kappa shape index (κ1) is 11.1. The quantitative estimate of drug-likeness (QED) is 0.738. The Balaban J connectivity index is 1.85. The highest BCUT2D eigenvalue weighted by atomic mass is 32.1. The van der Waals surface area contributed by atoms with Gasteiger partial charge >= 0.3 is 0 Å². The highest BCUT2D eigenvalue weighted by Gasteiger charge is 2.22. The second kappa shape index (κ2) is 4.15. The molecule has 96 valence electrons. The molecule has 3 heterocycles. The maximum absolute atomic E-state index is 4.68. The molecule has 1 aromatic carbocycles. The number of benzene rings is 1. The van der Waals surface area contributed by atoms with Gasteiger partial charge in [-0.3, -0.25) is 0 Å². The molecular weight excluding hydrogens is 256 g/mol. The molecule has 0 bridgehead atoms. The maximum atomic E-state index is 4.68. The molecule has 4 nitrogen and oxygen atoms in total. The monoisotopic (exact) mass is 270 g/mol. The van der Waals surface area contributed by atoms with E-state index >= 15 is 0 Å². The van der Waals surface area contributed by atoms with E-state index in [1.807, 2.05) is 22.7 Å². The molecule has 0 saturated carbocycles. The Morgan fingerprint density at radius 3 is 3.00 bits per heavy atom. The maximum Gasteiger partial charge on any atom is 0.213 e. The summed E-state index contributed by atoms with van der Waals surface area (Å²) in [4.78, 5) is 7.02. The Morgan fingerprint density at radius 1 is 1.32 bits per heavy atom. The average molecular weight is 270 g/mol. The van der Waals surface area contributed by atoms with Crippen LogP contribution in [0.15, 0.2) is 30.3 Å². The van der Waals surface area contributed by atoms with Crippen LogP contribution in [-0.2, 0) is 13.0 Å². The first-order valence-electron chi connectivity index (χ1n) is 6.47. The van der Waals surface area contributed by atoms with Gasteiger partial charge in [0.2, 0.25) is 4.96 Å². The molecule has 19 heavy (non-hydrogen) atoms. The van der Waals surface area contributed by atoms with Gasteiger partial charge in [-0.1, -0.05) is 41.7 Å². The summed E-state index contributed by atoms with van der Waals surface area (Å²) < 4.78 is 2.03. The van der Waals surface area contributed by atoms with Crippen LogP contribution in [0.1, 0.15) is 17.5 Å². The van der Waals surface area contributed by atoms with E-state index in [0.29, 0.717) is 6.04 Å². The van der Waals surface area contributed by atoms with E-state index in [1.54, 1.807) is 11.3 Å². The molecule has 0 radical (unpaired) electrons. The predicted molar refractivity (Wildman–Crippen MR) is 76.3 cm³/mol. The van der Waals surface area contributed by atoms with Crippen LogP contribution in [0.5, 0.6) is 0 Å². The van der Waals surface area contributed by atoms with E-state index in [2.05, 4.69) is 34.5 Å². The molecule has 3 aromatic rings. The molecule has 0 spiro atoms. The molecule has 4 rings (SSSR count). The van der Waals surface area contributed by atoms with Gasteiger partial charge in [0, 0.05) is 29.4 Å². The molecule has 1 atom stereocenters. The van der Waals surface area contributed by atoms with Gasteiger partial charge in [0.25, 0.3) is 0 Å². The standard InChI is InChI=1S/C14H14N4S/c1-9-7-11-12(8-15-9)19-14-16-13(17-18(11)14)10-5-3-2-4-6-10/h2-6,9,15H,7-8H2,1H3. The number of thiazole rings is 1. The Morgan fingerprint density at radius 2 is 2.16 bits per heavy atom. The summed E-state index contributed by atoms with van der Waals surface area (Å²) in [6, 6.07) is 10.7. The van der Waals surface area contributed by atoms with E-state index in [9.17, 15) is 0 Å². The normalized spacial score (nSPS) is 18.7. The largest absolute Gasteiger partial charge is 0.309 e. The fourth-order valence-corrected chi connectivity index (χ4v) is 3.54. The third kappa shape index (κ3) is 1.77. The molecule has 1 N–H and O–H groups in total. The van der Waals surface area contributed by atoms with Crippen molar-refractivity contribution in [2.75, 3.05) is 0 Å². The Hall–Kier alpha value is -1.72. The molecular formula is C14H14N4S. The van der Waals surface area contributed by atoms with Gasteiger partial charge in [-0.15, -0.1) is 5.10 Å². The number of nitrogens with one attached hydrogen (secondary N) is 1. The Labute approximate surface area is 115 Å². The molecule has 5 heteroatoms. The molecule has 2 aromatic heterocycles. The number of nitrogens with zero attached hydrogens (tertiary/aromatic N) is 3. The van der Waals surface area contributed by atoms with Crippen molar-refractivity contribution in [1.29, 1.82) is 0 Å². The zero-order valence-electron chi connectivity index (χ0n) is 10.6. The van der Waals surface area contributed by atoms with Crippen molar-refractivity contribution in [2.45, 2.75) is 25.9 Å². The highest BCUT2D eigenvalue weighted by Crippen LogP contribution is 2.28. The van der Waals surface area contributed by atoms with Crippen LogP contribution in [-0.4, -0.2) is 20.6 Å². The third-order valence-electron chi connectivity index (χ3n) is 3.51. The number of hydrogen-bond acceptors (Lipinski definition) is 4. The van der Waals surface area contributed by atoms with Crippen molar-refractivity contribution < 1.29 is 0 Å². The van der Waals surface area contributed by atoms with Gasteiger partial charge in [-0.25, -0.2) is 4.52 Å². The number of aromatic nitrogens is 3. The van der Waals surface area contributed by atoms with Crippen LogP contribution in [0.3, 0.4) is 0 Å². The molecule has 1 aliphatic heterocycles. The van der Waals surface area contributed by atoms with Gasteiger partial charge in [-0.05, 0) is 6.92 Å². The third-order valence-corrected chi connectivity index (χ3v) is 4.59. The molecule has 0 aliphatic carbocycles. The predicted octanol–water partition coefficient (Wildman–Crippen LogP) is 2.49. The van der Waals surface area contributed by atoms with Gasteiger partial charge in [0.1, 0.15) is 0 Å². The van der Waals surface area contributed by atoms with Crippen molar-refractivity contribution in [2.24, 2.45) is 0 Å². The second-order valence-corrected chi connectivity index (χ2v) is 6.02. The lowest BCUT2D eigenvalue weighted by molar-refractivity contribution is 0.505. The molecule has 0 fully saturated rings. The van der Waals surface area contributed by atoms with E-state index in [1.165, 1.54) is 10.6 Å². The van der Waals surface area contributed by atoms with Crippen LogP contribution in [0.25, 0.3) is 16.3 Å². The smallest absolute Gasteiger partial charge is 0.213 e. The first-order chi connectivity index (χ1) is 9.31. The summed E-state index contributed by atoms with van der Waals surface area (Å²) in [6.45, 7) is 3.15. The minimum Gasteiger partial charge on any atom is -0.309 e. The van der Waals surface area contributed by atoms with Crippen molar-refractivity contribution in [3.05, 3.63) is 40.9 Å². The minimum absolute atomic E-state index is 0.509. The highest BCUT2D eigenvalue weighted by molar-refractivity contribution is 7.17. The fraction of sp³-hybridized carbons (Fsp3) is 0.286. The first-order valence-corrected chi connectivity index (χ1v) is 7.29. The van der Waals surface area contributed by atoms with Crippen molar-refractivity contribution in [1.82, 2.24) is 19.9 Å². The van der Waals surface area contributed by atoms with Crippen LogP contribution >= 0.6 is 11.3 Å². The van der Waals surface area contributed by atoms with Gasteiger partial charge < -0.3 is 5.32 Å². The lowest BCUT2D eigenvalue weighted by atomic mass is 10.1. The lowest BCUT2D eigenvalue weighted by Gasteiger charge is -2.19. The van der Waals surface area contributed by atoms with E-state index in [-0.39, 0.29) is 0 Å². The summed E-state index contributed by atoms with van der Waals surface area (Å²) in [6.07, 6.45) is 1.02. The van der Waals surface area contributed by atoms with E-state index < -0.39 is 0 Å². The zero-order chi connectivity index (χ0) is 12.8. The summed E-state index contributed by atoms with van der Waals surface area (Å²) in [5.41, 5.74) is 2.40. The van der Waals surface area contributed by atoms with Crippen molar-refractivity contribution in [3.8, 4) is 11.4 Å². The molecule has 0 amide bonds. The second-order valence-electron chi connectivity index (χ2n) is 4.95. The fourth-order valence-electron chi connectivity index (χ4n) is 2.50. The van der Waals surface area contributed by atoms with Crippen LogP contribution < -0.4 is 5.32 Å². The summed E-state index contributed by atoms with van der Waals surface area (Å²) >= 11 is 1.74. The van der Waals surface area contributed by atoms with Gasteiger partial charge in [0.15, 0.2) is 5.82 Å². The number of hydrogen-bond donors (Lipinski definition) is 1. The number of rotatable bonds is 1. The Bertz CT molecular complexity index is 729. The Kier molecular flexibility index (Phi) is 2.43. The summed E-state index contributed by atoms with van der Waals surface area (Å²) in [5.74, 6) is 0.820. The summed E-state index contributed by atoms with van der Waals surface area (Å²) in [7, 11) is 0. The van der Waals surface area contributed by atoms with Gasteiger partial charge in [-0.2, -0.15) is 4.98 Å². The minimum atomic E-state index is 0.509. The molecule has 0 saturated heterocycles. The lowest BCUT2D eigenvalue weighted by Crippen LogP contribution is -2.32. The van der Waals surface area contributed by atoms with Crippen LogP contribution in [0, 0.1) is 0 Å². The van der Waals surface area contributed by atoms with Gasteiger partial charge in [0.05, 0.1) is 5.69 Å². The molecule has 1 unspecified atom stereocenters. The van der Waals surface area contributed by atoms with Crippen LogP contribution in [0.4, 0.5) is 0 Å². The average Bonchev–Trinajstić information content (AvgIpc) is 2.98. The van der Waals surface area contributed by atoms with Crippen molar-refractivity contribution >= 4 is 16.3 Å². The molecule has 1 aliphatic rings. The number of fused-ring (bicyclic) bond motifs is 3. The SMILES string of the molecule is CC1Cc2c(sc3nc(-c4ccccc4)nn23)CN1. The van der Waals surface area contributed by atoms with E-state index in [4.69, 9.17) is 0 Å². The van der Waals surface area contributed by atoms with Crippen molar-refractivity contribution in [3.63, 3.8) is 0 Å². The van der Waals surface area contributed by atoms with E-state index in [0.717, 1.165) is 29.3 Å².